The number of aryl methyl sites for hydroxylation is 2. The van der Waals surface area contributed by atoms with Gasteiger partial charge in [-0.15, -0.1) is 0 Å². The van der Waals surface area contributed by atoms with Gasteiger partial charge in [0, 0.05) is 30.6 Å². The van der Waals surface area contributed by atoms with Crippen molar-refractivity contribution in [3.05, 3.63) is 75.6 Å². The van der Waals surface area contributed by atoms with Gasteiger partial charge in [0.05, 0.1) is 10.7 Å². The highest BCUT2D eigenvalue weighted by Gasteiger charge is 2.36. The minimum Gasteiger partial charge on any atom is -0.355 e. The Balaban J connectivity index is 1.46. The van der Waals surface area contributed by atoms with E-state index in [1.807, 2.05) is 13.0 Å². The Hall–Kier alpha value is -3.08. The first-order valence-corrected chi connectivity index (χ1v) is 13.0. The molecule has 0 atom stereocenters. The Kier molecular flexibility index (Phi) is 7.58. The number of hydrogen-bond acceptors (Lipinski definition) is 5. The molecule has 36 heavy (non-hydrogen) atoms. The van der Waals surface area contributed by atoms with E-state index in [-0.39, 0.29) is 46.8 Å². The Morgan fingerprint density at radius 3 is 2.53 bits per heavy atom. The van der Waals surface area contributed by atoms with Crippen LogP contribution in [0.25, 0.3) is 12.2 Å². The van der Waals surface area contributed by atoms with Gasteiger partial charge in [0.15, 0.2) is 10.7 Å². The summed E-state index contributed by atoms with van der Waals surface area (Å²) in [5.41, 5.74) is 1.70. The van der Waals surface area contributed by atoms with Crippen molar-refractivity contribution in [2.45, 2.75) is 31.6 Å². The summed E-state index contributed by atoms with van der Waals surface area (Å²) in [7, 11) is -4.00. The summed E-state index contributed by atoms with van der Waals surface area (Å²) >= 11 is 6.20. The molecule has 0 aliphatic carbocycles. The van der Waals surface area contributed by atoms with Crippen molar-refractivity contribution >= 4 is 45.4 Å². The molecule has 1 aromatic heterocycles. The molecule has 2 heterocycles. The fourth-order valence-corrected chi connectivity index (χ4v) is 6.05. The molecular formula is C25H24ClF2N3O4S. The minimum atomic E-state index is -4.00. The lowest BCUT2D eigenvalue weighted by Crippen LogP contribution is -2.41. The number of carbonyl (C=O) groups excluding carboxylic acids is 1. The summed E-state index contributed by atoms with van der Waals surface area (Å²) in [6.45, 7) is 3.65. The molecule has 1 amide bonds. The number of aromatic nitrogens is 1. The third-order valence-electron chi connectivity index (χ3n) is 6.02. The number of halogens is 3. The highest BCUT2D eigenvalue weighted by Crippen LogP contribution is 2.30. The number of carbonyl (C=O) groups is 1. The Morgan fingerprint density at radius 1 is 1.14 bits per heavy atom. The van der Waals surface area contributed by atoms with Gasteiger partial charge in [-0.25, -0.2) is 17.2 Å². The zero-order valence-electron chi connectivity index (χ0n) is 19.6. The quantitative estimate of drug-likeness (QED) is 0.454. The van der Waals surface area contributed by atoms with E-state index < -0.39 is 21.7 Å². The van der Waals surface area contributed by atoms with Crippen LogP contribution in [0.1, 0.15) is 35.4 Å². The summed E-state index contributed by atoms with van der Waals surface area (Å²) in [6, 6.07) is 8.39. The van der Waals surface area contributed by atoms with Crippen LogP contribution >= 0.6 is 11.6 Å². The SMILES string of the molecule is Cc1ccc(NC(=O)C2CCN(S(=O)(=O)c3c(C)noc3/C=C/c3ccc(F)cc3F)CC2)c(Cl)c1. The second-order valence-electron chi connectivity index (χ2n) is 8.61. The lowest BCUT2D eigenvalue weighted by atomic mass is 9.97. The predicted molar refractivity (Wildman–Crippen MR) is 133 cm³/mol. The molecule has 2 aromatic carbocycles. The molecule has 190 valence electrons. The van der Waals surface area contributed by atoms with E-state index in [9.17, 15) is 22.0 Å². The van der Waals surface area contributed by atoms with Gasteiger partial charge in [0.2, 0.25) is 15.9 Å². The zero-order chi connectivity index (χ0) is 26.0. The summed E-state index contributed by atoms with van der Waals surface area (Å²) in [5, 5.41) is 7.03. The normalized spacial score (nSPS) is 15.5. The molecule has 0 unspecified atom stereocenters. The molecule has 0 spiro atoms. The number of anilines is 1. The number of sulfonamides is 1. The number of rotatable bonds is 6. The van der Waals surface area contributed by atoms with E-state index in [1.54, 1.807) is 12.1 Å². The average Bonchev–Trinajstić information content (AvgIpc) is 3.21. The summed E-state index contributed by atoms with van der Waals surface area (Å²) < 4.78 is 60.4. The maximum Gasteiger partial charge on any atom is 0.248 e. The maximum atomic E-state index is 14.0. The van der Waals surface area contributed by atoms with Gasteiger partial charge < -0.3 is 9.84 Å². The van der Waals surface area contributed by atoms with E-state index in [1.165, 1.54) is 29.4 Å². The molecule has 1 N–H and O–H groups in total. The first-order valence-electron chi connectivity index (χ1n) is 11.2. The molecule has 0 saturated carbocycles. The lowest BCUT2D eigenvalue weighted by Gasteiger charge is -2.30. The fraction of sp³-hybridized carbons (Fsp3) is 0.280. The maximum absolute atomic E-state index is 14.0. The molecule has 4 rings (SSSR count). The van der Waals surface area contributed by atoms with Crippen LogP contribution in [0.5, 0.6) is 0 Å². The molecule has 7 nitrogen and oxygen atoms in total. The van der Waals surface area contributed by atoms with E-state index in [0.29, 0.717) is 23.6 Å². The van der Waals surface area contributed by atoms with Gasteiger partial charge in [-0.3, -0.25) is 4.79 Å². The minimum absolute atomic E-state index is 0.0642. The number of amides is 1. The van der Waals surface area contributed by atoms with Crippen molar-refractivity contribution in [3.8, 4) is 0 Å². The highest BCUT2D eigenvalue weighted by molar-refractivity contribution is 7.89. The molecule has 1 fully saturated rings. The first kappa shape index (κ1) is 26.0. The molecule has 11 heteroatoms. The third kappa shape index (κ3) is 5.50. The number of hydrogen-bond donors (Lipinski definition) is 1. The summed E-state index contributed by atoms with van der Waals surface area (Å²) in [6.07, 6.45) is 3.23. The number of piperidine rings is 1. The Labute approximate surface area is 212 Å². The second kappa shape index (κ2) is 10.5. The highest BCUT2D eigenvalue weighted by atomic mass is 35.5. The van der Waals surface area contributed by atoms with E-state index in [0.717, 1.165) is 17.7 Å². The third-order valence-corrected chi connectivity index (χ3v) is 8.39. The lowest BCUT2D eigenvalue weighted by molar-refractivity contribution is -0.120. The van der Waals surface area contributed by atoms with Crippen LogP contribution in [-0.4, -0.2) is 36.9 Å². The molecule has 1 saturated heterocycles. The molecule has 1 aliphatic rings. The molecule has 0 radical (unpaired) electrons. The molecule has 3 aromatic rings. The largest absolute Gasteiger partial charge is 0.355 e. The Morgan fingerprint density at radius 2 is 1.86 bits per heavy atom. The smallest absolute Gasteiger partial charge is 0.248 e. The standard InChI is InChI=1S/C25H24ClF2N3O4S/c1-15-3-7-22(20(26)13-15)29-25(32)18-9-11-31(12-10-18)36(33,34)24-16(2)30-35-23(24)8-5-17-4-6-19(27)14-21(17)28/h3-8,13-14,18H,9-12H2,1-2H3,(H,29,32)/b8-5+. The molecule has 1 aliphatic heterocycles. The monoisotopic (exact) mass is 535 g/mol. The second-order valence-corrected chi connectivity index (χ2v) is 10.9. The molecular weight excluding hydrogens is 512 g/mol. The number of nitrogens with zero attached hydrogens (tertiary/aromatic N) is 2. The first-order chi connectivity index (χ1) is 17.1. The summed E-state index contributed by atoms with van der Waals surface area (Å²) in [5.74, 6) is -2.17. The van der Waals surface area contributed by atoms with Crippen molar-refractivity contribution in [2.75, 3.05) is 18.4 Å². The van der Waals surface area contributed by atoms with Crippen LogP contribution in [0.2, 0.25) is 5.02 Å². The van der Waals surface area contributed by atoms with Gasteiger partial charge in [0.1, 0.15) is 17.3 Å². The topological polar surface area (TPSA) is 92.5 Å². The number of nitrogens with one attached hydrogen (secondary N) is 1. The van der Waals surface area contributed by atoms with E-state index in [4.69, 9.17) is 16.1 Å². The van der Waals surface area contributed by atoms with Gasteiger partial charge >= 0.3 is 0 Å². The fourth-order valence-electron chi connectivity index (χ4n) is 4.04. The van der Waals surface area contributed by atoms with Crippen LogP contribution in [0.3, 0.4) is 0 Å². The van der Waals surface area contributed by atoms with Crippen molar-refractivity contribution in [1.29, 1.82) is 0 Å². The van der Waals surface area contributed by atoms with Crippen LogP contribution in [0, 0.1) is 31.4 Å². The predicted octanol–water partition coefficient (Wildman–Crippen LogP) is 5.43. The van der Waals surface area contributed by atoms with E-state index >= 15 is 0 Å². The van der Waals surface area contributed by atoms with Gasteiger partial charge in [-0.1, -0.05) is 22.8 Å². The average molecular weight is 536 g/mol. The van der Waals surface area contributed by atoms with Crippen molar-refractivity contribution < 1.29 is 26.5 Å². The van der Waals surface area contributed by atoms with Crippen LogP contribution in [-0.2, 0) is 14.8 Å². The Bertz CT molecular complexity index is 1430. The zero-order valence-corrected chi connectivity index (χ0v) is 21.2. The van der Waals surface area contributed by atoms with Gasteiger partial charge in [-0.05, 0) is 68.7 Å². The van der Waals surface area contributed by atoms with Gasteiger partial charge in [-0.2, -0.15) is 4.31 Å². The number of benzene rings is 2. The van der Waals surface area contributed by atoms with Crippen LogP contribution in [0.4, 0.5) is 14.5 Å². The van der Waals surface area contributed by atoms with Gasteiger partial charge in [0.25, 0.3) is 0 Å². The van der Waals surface area contributed by atoms with Crippen molar-refractivity contribution in [2.24, 2.45) is 5.92 Å². The van der Waals surface area contributed by atoms with Crippen molar-refractivity contribution in [3.63, 3.8) is 0 Å². The molecule has 0 bridgehead atoms. The van der Waals surface area contributed by atoms with E-state index in [2.05, 4.69) is 10.5 Å². The van der Waals surface area contributed by atoms with Crippen LogP contribution < -0.4 is 5.32 Å². The summed E-state index contributed by atoms with van der Waals surface area (Å²) in [4.78, 5) is 12.6. The van der Waals surface area contributed by atoms with Crippen LogP contribution in [0.15, 0.2) is 45.8 Å². The van der Waals surface area contributed by atoms with Crippen molar-refractivity contribution in [1.82, 2.24) is 9.46 Å².